The van der Waals surface area contributed by atoms with E-state index in [0.29, 0.717) is 12.0 Å². The number of phenolic OH excluding ortho intramolecular Hbond substituents is 7. The average molecular weight is 611 g/mol. The zero-order valence-corrected chi connectivity index (χ0v) is 24.0. The third kappa shape index (κ3) is 5.35. The molecule has 45 heavy (non-hydrogen) atoms. The van der Waals surface area contributed by atoms with Crippen LogP contribution in [-0.2, 0) is 0 Å². The zero-order valence-electron chi connectivity index (χ0n) is 24.0. The largest absolute Gasteiger partial charge is 0.508 e. The third-order valence-corrected chi connectivity index (χ3v) is 8.58. The zero-order chi connectivity index (χ0) is 32.2. The Morgan fingerprint density at radius 2 is 1.31 bits per heavy atom. The predicted molar refractivity (Wildman–Crippen MR) is 161 cm³/mol. The van der Waals surface area contributed by atoms with Crippen molar-refractivity contribution < 1.29 is 50.1 Å². The van der Waals surface area contributed by atoms with Gasteiger partial charge in [0.25, 0.3) is 0 Å². The van der Waals surface area contributed by atoms with Crippen LogP contribution in [0.3, 0.4) is 0 Å². The normalized spacial score (nSPS) is 21.0. The van der Waals surface area contributed by atoms with Crippen LogP contribution in [0.4, 0.5) is 0 Å². The lowest BCUT2D eigenvalue weighted by Gasteiger charge is -2.37. The molecule has 4 atom stereocenters. The first kappa shape index (κ1) is 29.4. The minimum Gasteiger partial charge on any atom is -0.508 e. The standard InChI is InChI=1S/C35H30O10/c1-16-8-24(20-5-2-17(36)10-27(20)39)34(35(44)22-7-4-18(37)11-28(22)40)25(9-16)23-13-26(30(42)14-29(23)41)33-15-31(43)21-6-3-19(38)12-32(21)45-33/h2-7,9-14,24-25,33-34,36-42H,8,15H2,1H3/t24-,25+,33+,34-/m1/s1. The van der Waals surface area contributed by atoms with Gasteiger partial charge in [0.1, 0.15) is 52.1 Å². The number of rotatable bonds is 5. The maximum absolute atomic E-state index is 14.3. The van der Waals surface area contributed by atoms with Crippen LogP contribution < -0.4 is 4.74 Å². The summed E-state index contributed by atoms with van der Waals surface area (Å²) in [6.07, 6.45) is 0.996. The van der Waals surface area contributed by atoms with Crippen LogP contribution in [0.15, 0.2) is 78.4 Å². The monoisotopic (exact) mass is 610 g/mol. The van der Waals surface area contributed by atoms with Gasteiger partial charge in [0.05, 0.1) is 17.5 Å². The van der Waals surface area contributed by atoms with Gasteiger partial charge in [-0.15, -0.1) is 0 Å². The number of phenols is 7. The van der Waals surface area contributed by atoms with Crippen molar-refractivity contribution in [1.29, 1.82) is 0 Å². The first-order valence-corrected chi connectivity index (χ1v) is 14.2. The molecule has 230 valence electrons. The summed E-state index contributed by atoms with van der Waals surface area (Å²) in [7, 11) is 0. The smallest absolute Gasteiger partial charge is 0.171 e. The lowest BCUT2D eigenvalue weighted by molar-refractivity contribution is 0.0846. The molecule has 0 spiro atoms. The molecule has 0 saturated heterocycles. The third-order valence-electron chi connectivity index (χ3n) is 8.58. The number of hydrogen-bond donors (Lipinski definition) is 7. The molecule has 2 aliphatic rings. The van der Waals surface area contributed by atoms with E-state index < -0.39 is 35.4 Å². The Kier molecular flexibility index (Phi) is 7.28. The number of Topliss-reactive ketones (excluding diaryl/α,β-unsaturated/α-hetero) is 2. The molecule has 7 N–H and O–H groups in total. The number of aromatic hydroxyl groups is 7. The molecule has 0 bridgehead atoms. The van der Waals surface area contributed by atoms with E-state index in [9.17, 15) is 45.3 Å². The van der Waals surface area contributed by atoms with Crippen molar-refractivity contribution in [2.45, 2.75) is 37.7 Å². The summed E-state index contributed by atoms with van der Waals surface area (Å²) in [6.45, 7) is 1.83. The van der Waals surface area contributed by atoms with Gasteiger partial charge in [0.2, 0.25) is 0 Å². The molecule has 0 unspecified atom stereocenters. The van der Waals surface area contributed by atoms with E-state index in [-0.39, 0.29) is 74.7 Å². The molecule has 1 heterocycles. The van der Waals surface area contributed by atoms with Gasteiger partial charge in [-0.05, 0) is 55.3 Å². The van der Waals surface area contributed by atoms with Crippen LogP contribution in [0.2, 0.25) is 0 Å². The van der Waals surface area contributed by atoms with Crippen molar-refractivity contribution in [2.24, 2.45) is 5.92 Å². The minimum atomic E-state index is -1.03. The number of hydrogen-bond acceptors (Lipinski definition) is 10. The van der Waals surface area contributed by atoms with E-state index in [1.165, 1.54) is 54.6 Å². The molecular formula is C35H30O10. The van der Waals surface area contributed by atoms with Crippen LogP contribution in [0, 0.1) is 5.92 Å². The second-order valence-corrected chi connectivity index (χ2v) is 11.6. The first-order valence-electron chi connectivity index (χ1n) is 14.2. The second-order valence-electron chi connectivity index (χ2n) is 11.6. The van der Waals surface area contributed by atoms with Gasteiger partial charge < -0.3 is 40.5 Å². The predicted octanol–water partition coefficient (Wildman–Crippen LogP) is 6.05. The van der Waals surface area contributed by atoms with Crippen molar-refractivity contribution in [3.05, 3.63) is 106 Å². The van der Waals surface area contributed by atoms with Gasteiger partial charge >= 0.3 is 0 Å². The molecule has 1 aliphatic carbocycles. The van der Waals surface area contributed by atoms with Gasteiger partial charge in [-0.3, -0.25) is 9.59 Å². The maximum atomic E-state index is 14.3. The highest BCUT2D eigenvalue weighted by Gasteiger charge is 2.43. The summed E-state index contributed by atoms with van der Waals surface area (Å²) >= 11 is 0. The fraction of sp³-hybridized carbons (Fsp3) is 0.200. The SMILES string of the molecule is CC1=C[C@@H](c2cc([C@@H]3CC(=O)c4ccc(O)cc4O3)c(O)cc2O)[C@H](C(=O)c2ccc(O)cc2O)[C@@H](c2ccc(O)cc2O)C1. The Balaban J connectivity index is 1.50. The van der Waals surface area contributed by atoms with E-state index >= 15 is 0 Å². The number of fused-ring (bicyclic) bond motifs is 1. The molecule has 0 amide bonds. The molecule has 0 aromatic heterocycles. The number of allylic oxidation sites excluding steroid dienone is 2. The summed E-state index contributed by atoms with van der Waals surface area (Å²) in [4.78, 5) is 27.3. The summed E-state index contributed by atoms with van der Waals surface area (Å²) in [6, 6.07) is 14.4. The van der Waals surface area contributed by atoms with E-state index in [4.69, 9.17) is 4.74 Å². The highest BCUT2D eigenvalue weighted by Crippen LogP contribution is 2.52. The van der Waals surface area contributed by atoms with E-state index in [1.54, 1.807) is 6.08 Å². The number of ether oxygens (including phenoxy) is 1. The Bertz CT molecular complexity index is 1890. The van der Waals surface area contributed by atoms with Crippen LogP contribution in [0.25, 0.3) is 0 Å². The fourth-order valence-electron chi connectivity index (χ4n) is 6.51. The number of benzene rings is 4. The molecule has 10 heteroatoms. The van der Waals surface area contributed by atoms with Crippen molar-refractivity contribution >= 4 is 11.6 Å². The van der Waals surface area contributed by atoms with Crippen LogP contribution in [0.1, 0.15) is 75.1 Å². The maximum Gasteiger partial charge on any atom is 0.171 e. The van der Waals surface area contributed by atoms with Crippen LogP contribution >= 0.6 is 0 Å². The topological polar surface area (TPSA) is 185 Å². The molecule has 0 fully saturated rings. The average Bonchev–Trinajstić information content (AvgIpc) is 2.96. The van der Waals surface area contributed by atoms with Crippen molar-refractivity contribution in [3.8, 4) is 46.0 Å². The molecule has 6 rings (SSSR count). The summed E-state index contributed by atoms with van der Waals surface area (Å²) < 4.78 is 6.02. The van der Waals surface area contributed by atoms with Gasteiger partial charge in [0.15, 0.2) is 11.6 Å². The lowest BCUT2D eigenvalue weighted by Crippen LogP contribution is -2.31. The summed E-state index contributed by atoms with van der Waals surface area (Å²) in [5, 5.41) is 73.4. The van der Waals surface area contributed by atoms with Gasteiger partial charge in [0, 0.05) is 53.1 Å². The minimum absolute atomic E-state index is 0.0878. The molecule has 0 radical (unpaired) electrons. The van der Waals surface area contributed by atoms with Crippen LogP contribution in [-0.4, -0.2) is 47.3 Å². The van der Waals surface area contributed by atoms with Crippen molar-refractivity contribution in [3.63, 3.8) is 0 Å². The molecule has 0 saturated carbocycles. The Morgan fingerprint density at radius 1 is 0.689 bits per heavy atom. The van der Waals surface area contributed by atoms with Gasteiger partial charge in [-0.2, -0.15) is 0 Å². The quantitative estimate of drug-likeness (QED) is 0.104. The molecule has 1 aliphatic heterocycles. The van der Waals surface area contributed by atoms with E-state index in [0.717, 1.165) is 17.7 Å². The van der Waals surface area contributed by atoms with Gasteiger partial charge in [-0.25, -0.2) is 0 Å². The Morgan fingerprint density at radius 3 is 2.02 bits per heavy atom. The number of carbonyl (C=O) groups excluding carboxylic acids is 2. The Labute approximate surface area is 257 Å². The molecule has 4 aromatic rings. The Hall–Kier alpha value is -5.64. The summed E-state index contributed by atoms with van der Waals surface area (Å²) in [5.41, 5.74) is 1.76. The van der Waals surface area contributed by atoms with Crippen molar-refractivity contribution in [2.75, 3.05) is 0 Å². The van der Waals surface area contributed by atoms with E-state index in [1.807, 2.05) is 6.92 Å². The first-order chi connectivity index (χ1) is 21.4. The van der Waals surface area contributed by atoms with E-state index in [2.05, 4.69) is 0 Å². The highest BCUT2D eigenvalue weighted by atomic mass is 16.5. The van der Waals surface area contributed by atoms with Crippen molar-refractivity contribution in [1.82, 2.24) is 0 Å². The second kappa shape index (κ2) is 11.1. The molecule has 4 aromatic carbocycles. The fourth-order valence-corrected chi connectivity index (χ4v) is 6.51. The number of carbonyl (C=O) groups is 2. The summed E-state index contributed by atoms with van der Waals surface area (Å²) in [5.74, 6) is -5.18. The highest BCUT2D eigenvalue weighted by molar-refractivity contribution is 6.02. The number of ketones is 2. The lowest BCUT2D eigenvalue weighted by atomic mass is 9.65. The van der Waals surface area contributed by atoms with Crippen LogP contribution in [0.5, 0.6) is 46.0 Å². The molecular weight excluding hydrogens is 580 g/mol. The molecule has 10 nitrogen and oxygen atoms in total. The van der Waals surface area contributed by atoms with Gasteiger partial charge in [-0.1, -0.05) is 17.7 Å².